The van der Waals surface area contributed by atoms with Crippen molar-refractivity contribution in [3.8, 4) is 11.5 Å². The third-order valence-electron chi connectivity index (χ3n) is 3.62. The number of benzene rings is 2. The normalized spacial score (nSPS) is 11.7. The van der Waals surface area contributed by atoms with Crippen molar-refractivity contribution in [3.63, 3.8) is 0 Å². The molecule has 2 aromatic carbocycles. The van der Waals surface area contributed by atoms with Crippen molar-refractivity contribution in [1.82, 2.24) is 4.72 Å². The minimum absolute atomic E-state index is 0.0282. The Kier molecular flexibility index (Phi) is 8.07. The van der Waals surface area contributed by atoms with Gasteiger partial charge in [0.25, 0.3) is 0 Å². The van der Waals surface area contributed by atoms with Crippen LogP contribution in [0.4, 0.5) is 13.2 Å². The summed E-state index contributed by atoms with van der Waals surface area (Å²) in [6.07, 6.45) is -5.00. The first-order valence-electron chi connectivity index (χ1n) is 8.82. The molecule has 164 valence electrons. The molecule has 0 saturated heterocycles. The van der Waals surface area contributed by atoms with Gasteiger partial charge >= 0.3 is 12.3 Å². The molecule has 0 heterocycles. The van der Waals surface area contributed by atoms with Crippen LogP contribution in [0.1, 0.15) is 18.9 Å². The lowest BCUT2D eigenvalue weighted by Crippen LogP contribution is -2.26. The van der Waals surface area contributed by atoms with Gasteiger partial charge in [-0.15, -0.1) is 13.2 Å². The largest absolute Gasteiger partial charge is 0.573 e. The number of ether oxygens (including phenoxy) is 3. The Morgan fingerprint density at radius 3 is 2.17 bits per heavy atom. The summed E-state index contributed by atoms with van der Waals surface area (Å²) in [6.45, 7) is 1.92. The van der Waals surface area contributed by atoms with Crippen LogP contribution in [-0.4, -0.2) is 33.9 Å². The zero-order valence-corrected chi connectivity index (χ0v) is 16.8. The highest BCUT2D eigenvalue weighted by Crippen LogP contribution is 2.23. The van der Waals surface area contributed by atoms with E-state index in [1.807, 2.05) is 6.92 Å². The van der Waals surface area contributed by atoms with E-state index in [4.69, 9.17) is 9.47 Å². The number of sulfonamides is 1. The van der Waals surface area contributed by atoms with E-state index in [9.17, 15) is 26.4 Å². The Morgan fingerprint density at radius 2 is 1.60 bits per heavy atom. The molecule has 0 aliphatic rings. The summed E-state index contributed by atoms with van der Waals surface area (Å²) in [6, 6.07) is 10.7. The predicted molar refractivity (Wildman–Crippen MR) is 100 cm³/mol. The molecule has 0 spiro atoms. The standard InChI is InChI=1S/C19H20F3NO6S/c1-2-27-15-7-9-17(10-8-15)30(25,26)23-12-11-18(24)28-13-14-3-5-16(6-4-14)29-19(20,21)22/h3-10,23H,2,11-13H2,1H3. The highest BCUT2D eigenvalue weighted by atomic mass is 32.2. The lowest BCUT2D eigenvalue weighted by molar-refractivity contribution is -0.274. The van der Waals surface area contributed by atoms with Crippen molar-refractivity contribution in [2.24, 2.45) is 0 Å². The summed E-state index contributed by atoms with van der Waals surface area (Å²) in [5.74, 6) is -0.515. The average molecular weight is 447 g/mol. The van der Waals surface area contributed by atoms with E-state index in [0.717, 1.165) is 12.1 Å². The maximum Gasteiger partial charge on any atom is 0.573 e. The number of hydrogen-bond acceptors (Lipinski definition) is 6. The van der Waals surface area contributed by atoms with Gasteiger partial charge in [-0.1, -0.05) is 12.1 Å². The fourth-order valence-corrected chi connectivity index (χ4v) is 3.31. The molecule has 0 bridgehead atoms. The number of carbonyl (C=O) groups is 1. The Morgan fingerprint density at radius 1 is 1.00 bits per heavy atom. The van der Waals surface area contributed by atoms with Gasteiger partial charge in [0.1, 0.15) is 18.1 Å². The van der Waals surface area contributed by atoms with Gasteiger partial charge in [-0.25, -0.2) is 13.1 Å². The number of alkyl halides is 3. The molecule has 30 heavy (non-hydrogen) atoms. The van der Waals surface area contributed by atoms with Crippen molar-refractivity contribution in [2.45, 2.75) is 31.2 Å². The molecule has 0 aliphatic carbocycles. The van der Waals surface area contributed by atoms with Gasteiger partial charge in [-0.3, -0.25) is 4.79 Å². The first-order valence-corrected chi connectivity index (χ1v) is 10.3. The molecule has 0 saturated carbocycles. The van der Waals surface area contributed by atoms with Crippen LogP contribution in [0.15, 0.2) is 53.4 Å². The fraction of sp³-hybridized carbons (Fsp3) is 0.316. The van der Waals surface area contributed by atoms with E-state index in [0.29, 0.717) is 17.9 Å². The molecule has 0 aliphatic heterocycles. The summed E-state index contributed by atoms with van der Waals surface area (Å²) in [4.78, 5) is 11.8. The van der Waals surface area contributed by atoms with E-state index in [1.165, 1.54) is 36.4 Å². The molecule has 0 radical (unpaired) electrons. The van der Waals surface area contributed by atoms with Crippen molar-refractivity contribution in [2.75, 3.05) is 13.2 Å². The Balaban J connectivity index is 1.76. The molecule has 11 heteroatoms. The molecular formula is C19H20F3NO6S. The first kappa shape index (κ1) is 23.5. The molecule has 0 unspecified atom stereocenters. The zero-order chi connectivity index (χ0) is 22.2. The summed E-state index contributed by atoms with van der Waals surface area (Å²) >= 11 is 0. The van der Waals surface area contributed by atoms with Gasteiger partial charge in [-0.05, 0) is 48.9 Å². The van der Waals surface area contributed by atoms with Crippen molar-refractivity contribution in [3.05, 3.63) is 54.1 Å². The van der Waals surface area contributed by atoms with Crippen molar-refractivity contribution >= 4 is 16.0 Å². The van der Waals surface area contributed by atoms with Crippen LogP contribution in [0, 0.1) is 0 Å². The minimum atomic E-state index is -4.79. The second-order valence-corrected chi connectivity index (χ2v) is 7.67. The van der Waals surface area contributed by atoms with E-state index in [2.05, 4.69) is 9.46 Å². The highest BCUT2D eigenvalue weighted by Gasteiger charge is 2.30. The lowest BCUT2D eigenvalue weighted by atomic mass is 10.2. The Labute approximate surface area is 171 Å². The second-order valence-electron chi connectivity index (χ2n) is 5.90. The van der Waals surface area contributed by atoms with Gasteiger partial charge in [0.05, 0.1) is 17.9 Å². The van der Waals surface area contributed by atoms with Crippen LogP contribution in [0.5, 0.6) is 11.5 Å². The zero-order valence-electron chi connectivity index (χ0n) is 15.9. The predicted octanol–water partition coefficient (Wildman–Crippen LogP) is 3.40. The van der Waals surface area contributed by atoms with Crippen molar-refractivity contribution < 1.29 is 40.6 Å². The van der Waals surface area contributed by atoms with E-state index >= 15 is 0 Å². The fourth-order valence-electron chi connectivity index (χ4n) is 2.28. The molecule has 7 nitrogen and oxygen atoms in total. The van der Waals surface area contributed by atoms with Crippen molar-refractivity contribution in [1.29, 1.82) is 0 Å². The molecule has 2 aromatic rings. The number of rotatable bonds is 10. The maximum absolute atomic E-state index is 12.2. The van der Waals surface area contributed by atoms with Crippen LogP contribution < -0.4 is 14.2 Å². The monoisotopic (exact) mass is 447 g/mol. The van der Waals surface area contributed by atoms with Crippen LogP contribution in [0.3, 0.4) is 0 Å². The minimum Gasteiger partial charge on any atom is -0.494 e. The van der Waals surface area contributed by atoms with E-state index in [1.54, 1.807) is 0 Å². The SMILES string of the molecule is CCOc1ccc(S(=O)(=O)NCCC(=O)OCc2ccc(OC(F)(F)F)cc2)cc1. The third kappa shape index (κ3) is 7.91. The number of esters is 1. The summed E-state index contributed by atoms with van der Waals surface area (Å²) in [5.41, 5.74) is 0.452. The van der Waals surface area contributed by atoms with Gasteiger partial charge in [0.2, 0.25) is 10.0 Å². The van der Waals surface area contributed by atoms with Gasteiger partial charge in [-0.2, -0.15) is 0 Å². The molecule has 2 rings (SSSR count). The maximum atomic E-state index is 12.2. The number of hydrogen-bond donors (Lipinski definition) is 1. The highest BCUT2D eigenvalue weighted by molar-refractivity contribution is 7.89. The van der Waals surface area contributed by atoms with Gasteiger partial charge in [0, 0.05) is 6.54 Å². The number of nitrogens with one attached hydrogen (secondary N) is 1. The quantitative estimate of drug-likeness (QED) is 0.562. The smallest absolute Gasteiger partial charge is 0.494 e. The van der Waals surface area contributed by atoms with Crippen LogP contribution in [-0.2, 0) is 26.2 Å². The Hall–Kier alpha value is -2.79. The van der Waals surface area contributed by atoms with Gasteiger partial charge < -0.3 is 14.2 Å². The second kappa shape index (κ2) is 10.3. The van der Waals surface area contributed by atoms with E-state index < -0.39 is 22.4 Å². The first-order chi connectivity index (χ1) is 14.1. The molecule has 0 fully saturated rings. The molecule has 0 atom stereocenters. The Bertz CT molecular complexity index is 928. The summed E-state index contributed by atoms with van der Waals surface area (Å²) in [7, 11) is -3.79. The topological polar surface area (TPSA) is 90.9 Å². The summed E-state index contributed by atoms with van der Waals surface area (Å²) < 4.78 is 77.0. The third-order valence-corrected chi connectivity index (χ3v) is 5.10. The van der Waals surface area contributed by atoms with Crippen LogP contribution in [0.25, 0.3) is 0 Å². The molecule has 0 aromatic heterocycles. The molecule has 1 N–H and O–H groups in total. The van der Waals surface area contributed by atoms with Crippen LogP contribution >= 0.6 is 0 Å². The lowest BCUT2D eigenvalue weighted by Gasteiger charge is -2.10. The number of halogens is 3. The number of carbonyl (C=O) groups excluding carboxylic acids is 1. The van der Waals surface area contributed by atoms with Gasteiger partial charge in [0.15, 0.2) is 0 Å². The molecule has 0 amide bonds. The molecular weight excluding hydrogens is 427 g/mol. The average Bonchev–Trinajstić information content (AvgIpc) is 2.67. The van der Waals surface area contributed by atoms with Crippen LogP contribution in [0.2, 0.25) is 0 Å². The summed E-state index contributed by atoms with van der Waals surface area (Å²) in [5, 5.41) is 0. The van der Waals surface area contributed by atoms with E-state index in [-0.39, 0.29) is 30.2 Å².